The van der Waals surface area contributed by atoms with Crippen LogP contribution in [0.4, 0.5) is 5.82 Å². The van der Waals surface area contributed by atoms with Gasteiger partial charge in [0.15, 0.2) is 5.16 Å². The molecule has 0 saturated carbocycles. The number of ether oxygens (including phenoxy) is 1. The Balaban J connectivity index is 1.87. The molecular formula is C17H22N6O2S2. The van der Waals surface area contributed by atoms with Crippen molar-refractivity contribution < 1.29 is 9.53 Å². The number of aromatic nitrogens is 5. The van der Waals surface area contributed by atoms with Crippen LogP contribution < -0.4 is 5.73 Å². The molecule has 0 saturated heterocycles. The Morgan fingerprint density at radius 3 is 2.70 bits per heavy atom. The molecule has 3 rings (SSSR count). The van der Waals surface area contributed by atoms with Crippen LogP contribution in [0.1, 0.15) is 53.6 Å². The normalized spacial score (nSPS) is 11.5. The molecule has 8 nitrogen and oxygen atoms in total. The SMILES string of the molecule is CCOC(=O)c1sc2nc(CSc3nnc(C(C)C)n3C)nc(N)c2c1C. The van der Waals surface area contributed by atoms with E-state index < -0.39 is 0 Å². The molecule has 3 heterocycles. The lowest BCUT2D eigenvalue weighted by Crippen LogP contribution is -2.04. The minimum absolute atomic E-state index is 0.301. The molecule has 0 amide bonds. The number of hydrogen-bond acceptors (Lipinski definition) is 9. The van der Waals surface area contributed by atoms with E-state index in [0.29, 0.717) is 39.6 Å². The summed E-state index contributed by atoms with van der Waals surface area (Å²) >= 11 is 2.79. The average molecular weight is 407 g/mol. The molecular weight excluding hydrogens is 384 g/mol. The van der Waals surface area contributed by atoms with E-state index in [9.17, 15) is 4.79 Å². The van der Waals surface area contributed by atoms with Crippen molar-refractivity contribution in [1.29, 1.82) is 0 Å². The van der Waals surface area contributed by atoms with Gasteiger partial charge in [-0.1, -0.05) is 25.6 Å². The van der Waals surface area contributed by atoms with E-state index in [2.05, 4.69) is 34.0 Å². The number of carbonyl (C=O) groups is 1. The first-order valence-corrected chi connectivity index (χ1v) is 10.4. The third kappa shape index (κ3) is 3.77. The van der Waals surface area contributed by atoms with Crippen LogP contribution in [0, 0.1) is 6.92 Å². The van der Waals surface area contributed by atoms with E-state index in [1.54, 1.807) is 6.92 Å². The number of thioether (sulfide) groups is 1. The van der Waals surface area contributed by atoms with Crippen molar-refractivity contribution in [2.24, 2.45) is 7.05 Å². The summed E-state index contributed by atoms with van der Waals surface area (Å²) in [5, 5.41) is 9.97. The van der Waals surface area contributed by atoms with E-state index in [0.717, 1.165) is 21.9 Å². The maximum Gasteiger partial charge on any atom is 0.348 e. The van der Waals surface area contributed by atoms with Crippen molar-refractivity contribution in [3.05, 3.63) is 22.1 Å². The van der Waals surface area contributed by atoms with E-state index in [-0.39, 0.29) is 5.97 Å². The summed E-state index contributed by atoms with van der Waals surface area (Å²) in [6.07, 6.45) is 0. The summed E-state index contributed by atoms with van der Waals surface area (Å²) in [6.45, 7) is 8.10. The zero-order valence-electron chi connectivity index (χ0n) is 15.9. The average Bonchev–Trinajstić information content (AvgIpc) is 3.14. The van der Waals surface area contributed by atoms with Gasteiger partial charge in [-0.05, 0) is 19.4 Å². The molecule has 0 fully saturated rings. The number of nitrogen functional groups attached to an aromatic ring is 1. The van der Waals surface area contributed by atoms with E-state index >= 15 is 0 Å². The number of anilines is 1. The maximum atomic E-state index is 12.1. The summed E-state index contributed by atoms with van der Waals surface area (Å²) in [6, 6.07) is 0. The summed E-state index contributed by atoms with van der Waals surface area (Å²) in [4.78, 5) is 22.3. The minimum Gasteiger partial charge on any atom is -0.462 e. The standard InChI is InChI=1S/C17H22N6O2S2/c1-6-25-16(24)12-9(4)11-13(18)19-10(20-15(11)27-12)7-26-17-22-21-14(8(2)3)23(17)5/h8H,6-7H2,1-5H3,(H2,18,19,20). The molecule has 0 unspecified atom stereocenters. The lowest BCUT2D eigenvalue weighted by atomic mass is 10.2. The number of aryl methyl sites for hydroxylation is 1. The monoisotopic (exact) mass is 406 g/mol. The van der Waals surface area contributed by atoms with Crippen molar-refractivity contribution in [1.82, 2.24) is 24.7 Å². The molecule has 0 radical (unpaired) electrons. The maximum absolute atomic E-state index is 12.1. The van der Waals surface area contributed by atoms with Crippen LogP contribution in [-0.4, -0.2) is 37.3 Å². The summed E-state index contributed by atoms with van der Waals surface area (Å²) in [5.41, 5.74) is 6.91. The molecule has 10 heteroatoms. The molecule has 0 aromatic carbocycles. The summed E-state index contributed by atoms with van der Waals surface area (Å²) in [5.74, 6) is 2.36. The van der Waals surface area contributed by atoms with Crippen molar-refractivity contribution in [3.8, 4) is 0 Å². The van der Waals surface area contributed by atoms with Gasteiger partial charge in [0.2, 0.25) is 0 Å². The molecule has 2 N–H and O–H groups in total. The first-order chi connectivity index (χ1) is 12.8. The molecule has 0 aliphatic heterocycles. The Kier molecular flexibility index (Phi) is 5.66. The van der Waals surface area contributed by atoms with Crippen LogP contribution in [0.25, 0.3) is 10.2 Å². The number of nitrogens with zero attached hydrogens (tertiary/aromatic N) is 5. The molecule has 3 aromatic heterocycles. The topological polar surface area (TPSA) is 109 Å². The third-order valence-corrected chi connectivity index (χ3v) is 6.22. The fraction of sp³-hybridized carbons (Fsp3) is 0.471. The highest BCUT2D eigenvalue weighted by Gasteiger charge is 2.21. The molecule has 0 atom stereocenters. The van der Waals surface area contributed by atoms with E-state index in [1.807, 2.05) is 18.5 Å². The molecule has 27 heavy (non-hydrogen) atoms. The Bertz CT molecular complexity index is 995. The predicted molar refractivity (Wildman–Crippen MR) is 107 cm³/mol. The highest BCUT2D eigenvalue weighted by molar-refractivity contribution is 7.98. The van der Waals surface area contributed by atoms with E-state index in [1.165, 1.54) is 23.1 Å². The van der Waals surface area contributed by atoms with Crippen LogP contribution in [0.5, 0.6) is 0 Å². The quantitative estimate of drug-likeness (QED) is 0.490. The number of rotatable bonds is 6. The number of esters is 1. The number of hydrogen-bond donors (Lipinski definition) is 1. The van der Waals surface area contributed by atoms with Gasteiger partial charge in [-0.15, -0.1) is 21.5 Å². The van der Waals surface area contributed by atoms with Gasteiger partial charge in [0.25, 0.3) is 0 Å². The van der Waals surface area contributed by atoms with Crippen LogP contribution in [0.2, 0.25) is 0 Å². The lowest BCUT2D eigenvalue weighted by Gasteiger charge is -2.06. The smallest absolute Gasteiger partial charge is 0.348 e. The highest BCUT2D eigenvalue weighted by atomic mass is 32.2. The van der Waals surface area contributed by atoms with Gasteiger partial charge in [-0.3, -0.25) is 0 Å². The molecule has 0 bridgehead atoms. The first kappa shape index (κ1) is 19.6. The van der Waals surface area contributed by atoms with Gasteiger partial charge in [0, 0.05) is 13.0 Å². The largest absolute Gasteiger partial charge is 0.462 e. The lowest BCUT2D eigenvalue weighted by molar-refractivity contribution is 0.0531. The van der Waals surface area contributed by atoms with Crippen LogP contribution in [0.15, 0.2) is 5.16 Å². The molecule has 144 valence electrons. The number of carbonyl (C=O) groups excluding carboxylic acids is 1. The number of fused-ring (bicyclic) bond motifs is 1. The van der Waals surface area contributed by atoms with Gasteiger partial charge in [0.05, 0.1) is 17.7 Å². The van der Waals surface area contributed by atoms with Crippen molar-refractivity contribution in [2.45, 2.75) is 44.5 Å². The second-order valence-corrected chi connectivity index (χ2v) is 8.27. The van der Waals surface area contributed by atoms with Crippen LogP contribution in [0.3, 0.4) is 0 Å². The summed E-state index contributed by atoms with van der Waals surface area (Å²) < 4.78 is 7.09. The van der Waals surface area contributed by atoms with Gasteiger partial charge in [-0.25, -0.2) is 14.8 Å². The molecule has 0 aliphatic rings. The van der Waals surface area contributed by atoms with Gasteiger partial charge >= 0.3 is 5.97 Å². The van der Waals surface area contributed by atoms with Crippen molar-refractivity contribution in [2.75, 3.05) is 12.3 Å². The number of thiophene rings is 1. The minimum atomic E-state index is -0.353. The Morgan fingerprint density at radius 2 is 2.07 bits per heavy atom. The Labute approximate surface area is 165 Å². The van der Waals surface area contributed by atoms with Crippen LogP contribution in [-0.2, 0) is 17.5 Å². The van der Waals surface area contributed by atoms with Crippen molar-refractivity contribution >= 4 is 45.1 Å². The summed E-state index contributed by atoms with van der Waals surface area (Å²) in [7, 11) is 1.95. The fourth-order valence-electron chi connectivity index (χ4n) is 2.76. The predicted octanol–water partition coefficient (Wildman–Crippen LogP) is 3.30. The van der Waals surface area contributed by atoms with Crippen molar-refractivity contribution in [3.63, 3.8) is 0 Å². The second-order valence-electron chi connectivity index (χ2n) is 6.33. The second kappa shape index (κ2) is 7.81. The molecule has 0 aliphatic carbocycles. The van der Waals surface area contributed by atoms with Gasteiger partial charge in [0.1, 0.15) is 27.2 Å². The zero-order chi connectivity index (χ0) is 19.7. The fourth-order valence-corrected chi connectivity index (χ4v) is 4.63. The third-order valence-electron chi connectivity index (χ3n) is 4.04. The van der Waals surface area contributed by atoms with E-state index in [4.69, 9.17) is 10.5 Å². The zero-order valence-corrected chi connectivity index (χ0v) is 17.6. The highest BCUT2D eigenvalue weighted by Crippen LogP contribution is 2.34. The first-order valence-electron chi connectivity index (χ1n) is 8.58. The Morgan fingerprint density at radius 1 is 1.33 bits per heavy atom. The molecule has 3 aromatic rings. The van der Waals surface area contributed by atoms with Crippen LogP contribution >= 0.6 is 23.1 Å². The van der Waals surface area contributed by atoms with Gasteiger partial charge < -0.3 is 15.0 Å². The Hall–Kier alpha value is -2.20. The molecule has 0 spiro atoms. The number of nitrogens with two attached hydrogens (primary N) is 1. The van der Waals surface area contributed by atoms with Gasteiger partial charge in [-0.2, -0.15) is 0 Å².